The number of benzene rings is 2. The molecule has 0 saturated heterocycles. The molecule has 2 aromatic carbocycles. The standard InChI is InChI=1S/C16H13F3O/c1-9(2)16(20)15-13(18)7-11(8-14(15)19)10-4-3-5-12(17)6-10/h3-9H,1-2H3. The Kier molecular flexibility index (Phi) is 3.93. The van der Waals surface area contributed by atoms with Crippen LogP contribution >= 0.6 is 0 Å². The van der Waals surface area contributed by atoms with Crippen LogP contribution in [0.4, 0.5) is 13.2 Å². The Morgan fingerprint density at radius 1 is 0.950 bits per heavy atom. The summed E-state index contributed by atoms with van der Waals surface area (Å²) in [5, 5.41) is 0. The lowest BCUT2D eigenvalue weighted by molar-refractivity contribution is 0.0931. The van der Waals surface area contributed by atoms with E-state index in [-0.39, 0.29) is 5.56 Å². The topological polar surface area (TPSA) is 17.1 Å². The van der Waals surface area contributed by atoms with Gasteiger partial charge in [-0.25, -0.2) is 13.2 Å². The molecule has 0 spiro atoms. The van der Waals surface area contributed by atoms with Crippen molar-refractivity contribution in [2.45, 2.75) is 13.8 Å². The molecule has 20 heavy (non-hydrogen) atoms. The van der Waals surface area contributed by atoms with Gasteiger partial charge in [-0.05, 0) is 35.4 Å². The summed E-state index contributed by atoms with van der Waals surface area (Å²) >= 11 is 0. The van der Waals surface area contributed by atoms with E-state index in [1.54, 1.807) is 19.9 Å². The first-order chi connectivity index (χ1) is 9.40. The van der Waals surface area contributed by atoms with Crippen LogP contribution in [0.25, 0.3) is 11.1 Å². The Bertz CT molecular complexity index is 640. The second-order valence-electron chi connectivity index (χ2n) is 4.84. The fourth-order valence-corrected chi connectivity index (χ4v) is 1.93. The molecule has 0 aliphatic heterocycles. The van der Waals surface area contributed by atoms with Gasteiger partial charge in [-0.15, -0.1) is 0 Å². The minimum absolute atomic E-state index is 0.194. The van der Waals surface area contributed by atoms with Crippen molar-refractivity contribution in [1.82, 2.24) is 0 Å². The third-order valence-electron chi connectivity index (χ3n) is 2.97. The first-order valence-corrected chi connectivity index (χ1v) is 6.19. The zero-order valence-corrected chi connectivity index (χ0v) is 11.1. The lowest BCUT2D eigenvalue weighted by Crippen LogP contribution is -2.12. The summed E-state index contributed by atoms with van der Waals surface area (Å²) in [7, 11) is 0. The molecule has 0 radical (unpaired) electrons. The van der Waals surface area contributed by atoms with Crippen LogP contribution in [0.2, 0.25) is 0 Å². The maximum atomic E-state index is 14.0. The number of hydrogen-bond acceptors (Lipinski definition) is 1. The van der Waals surface area contributed by atoms with Crippen LogP contribution in [0, 0.1) is 23.4 Å². The molecule has 1 nitrogen and oxygen atoms in total. The molecule has 0 N–H and O–H groups in total. The Balaban J connectivity index is 2.53. The van der Waals surface area contributed by atoms with E-state index in [2.05, 4.69) is 0 Å². The normalized spacial score (nSPS) is 10.9. The lowest BCUT2D eigenvalue weighted by Gasteiger charge is -2.09. The first kappa shape index (κ1) is 14.3. The zero-order chi connectivity index (χ0) is 14.9. The van der Waals surface area contributed by atoms with Crippen LogP contribution in [-0.4, -0.2) is 5.78 Å². The smallest absolute Gasteiger partial charge is 0.171 e. The van der Waals surface area contributed by atoms with Gasteiger partial charge in [-0.2, -0.15) is 0 Å². The molecule has 0 atom stereocenters. The van der Waals surface area contributed by atoms with Crippen LogP contribution in [0.5, 0.6) is 0 Å². The number of rotatable bonds is 3. The molecule has 2 rings (SSSR count). The van der Waals surface area contributed by atoms with Gasteiger partial charge in [-0.1, -0.05) is 26.0 Å². The number of Topliss-reactive ketones (excluding diaryl/α,β-unsaturated/α-hetero) is 1. The van der Waals surface area contributed by atoms with E-state index in [0.29, 0.717) is 5.56 Å². The third kappa shape index (κ3) is 2.74. The SMILES string of the molecule is CC(C)C(=O)c1c(F)cc(-c2cccc(F)c2)cc1F. The third-order valence-corrected chi connectivity index (χ3v) is 2.97. The molecule has 0 aliphatic carbocycles. The van der Waals surface area contributed by atoms with Crippen molar-refractivity contribution < 1.29 is 18.0 Å². The summed E-state index contributed by atoms with van der Waals surface area (Å²) in [4.78, 5) is 11.7. The van der Waals surface area contributed by atoms with E-state index in [1.807, 2.05) is 0 Å². The zero-order valence-electron chi connectivity index (χ0n) is 11.1. The highest BCUT2D eigenvalue weighted by atomic mass is 19.1. The van der Waals surface area contributed by atoms with Gasteiger partial charge in [0, 0.05) is 5.92 Å². The highest BCUT2D eigenvalue weighted by molar-refractivity contribution is 5.98. The summed E-state index contributed by atoms with van der Waals surface area (Å²) in [6.07, 6.45) is 0. The Labute approximate surface area is 115 Å². The summed E-state index contributed by atoms with van der Waals surface area (Å²) in [5.41, 5.74) is 0.00584. The van der Waals surface area contributed by atoms with Crippen molar-refractivity contribution in [2.75, 3.05) is 0 Å². The lowest BCUT2D eigenvalue weighted by atomic mass is 9.96. The molecule has 0 fully saturated rings. The van der Waals surface area contributed by atoms with Crippen molar-refractivity contribution in [3.8, 4) is 11.1 Å². The fraction of sp³-hybridized carbons (Fsp3) is 0.188. The quantitative estimate of drug-likeness (QED) is 0.749. The monoisotopic (exact) mass is 278 g/mol. The molecule has 0 aliphatic rings. The molecule has 104 valence electrons. The Morgan fingerprint density at radius 2 is 1.55 bits per heavy atom. The van der Waals surface area contributed by atoms with E-state index < -0.39 is 34.7 Å². The minimum atomic E-state index is -0.928. The minimum Gasteiger partial charge on any atom is -0.294 e. The molecular formula is C16H13F3O. The molecule has 2 aromatic rings. The van der Waals surface area contributed by atoms with E-state index in [1.165, 1.54) is 18.2 Å². The first-order valence-electron chi connectivity index (χ1n) is 6.19. The number of carbonyl (C=O) groups excluding carboxylic acids is 1. The highest BCUT2D eigenvalue weighted by Gasteiger charge is 2.21. The van der Waals surface area contributed by atoms with Crippen LogP contribution in [0.15, 0.2) is 36.4 Å². The van der Waals surface area contributed by atoms with Gasteiger partial charge in [-0.3, -0.25) is 4.79 Å². The molecule has 0 amide bonds. The average molecular weight is 278 g/mol. The average Bonchev–Trinajstić information content (AvgIpc) is 2.37. The van der Waals surface area contributed by atoms with E-state index in [0.717, 1.165) is 12.1 Å². The van der Waals surface area contributed by atoms with Crippen molar-refractivity contribution in [2.24, 2.45) is 5.92 Å². The van der Waals surface area contributed by atoms with Crippen molar-refractivity contribution in [3.05, 3.63) is 59.4 Å². The van der Waals surface area contributed by atoms with Gasteiger partial charge in [0.25, 0.3) is 0 Å². The van der Waals surface area contributed by atoms with Crippen LogP contribution in [-0.2, 0) is 0 Å². The van der Waals surface area contributed by atoms with Crippen molar-refractivity contribution in [1.29, 1.82) is 0 Å². The fourth-order valence-electron chi connectivity index (χ4n) is 1.93. The predicted octanol–water partition coefficient (Wildman–Crippen LogP) is 4.61. The predicted molar refractivity (Wildman–Crippen MR) is 70.9 cm³/mol. The van der Waals surface area contributed by atoms with Crippen molar-refractivity contribution >= 4 is 5.78 Å². The van der Waals surface area contributed by atoms with Gasteiger partial charge < -0.3 is 0 Å². The Hall–Kier alpha value is -2.10. The second-order valence-corrected chi connectivity index (χ2v) is 4.84. The van der Waals surface area contributed by atoms with E-state index in [9.17, 15) is 18.0 Å². The van der Waals surface area contributed by atoms with Crippen LogP contribution in [0.1, 0.15) is 24.2 Å². The summed E-state index contributed by atoms with van der Waals surface area (Å²) in [6, 6.07) is 7.51. The van der Waals surface area contributed by atoms with Gasteiger partial charge in [0.1, 0.15) is 17.5 Å². The van der Waals surface area contributed by atoms with Crippen LogP contribution < -0.4 is 0 Å². The molecule has 0 bridgehead atoms. The van der Waals surface area contributed by atoms with Gasteiger partial charge in [0.15, 0.2) is 5.78 Å². The summed E-state index contributed by atoms with van der Waals surface area (Å²) in [5.74, 6) is -3.44. The summed E-state index contributed by atoms with van der Waals surface area (Å²) in [6.45, 7) is 3.14. The number of carbonyl (C=O) groups is 1. The molecular weight excluding hydrogens is 265 g/mol. The molecule has 4 heteroatoms. The Morgan fingerprint density at radius 3 is 2.05 bits per heavy atom. The molecule has 0 saturated carbocycles. The van der Waals surface area contributed by atoms with Gasteiger partial charge in [0.2, 0.25) is 0 Å². The van der Waals surface area contributed by atoms with E-state index in [4.69, 9.17) is 0 Å². The second kappa shape index (κ2) is 5.49. The number of ketones is 1. The van der Waals surface area contributed by atoms with Crippen LogP contribution in [0.3, 0.4) is 0 Å². The largest absolute Gasteiger partial charge is 0.294 e. The molecule has 0 unspecified atom stereocenters. The number of halogens is 3. The maximum absolute atomic E-state index is 14.0. The highest BCUT2D eigenvalue weighted by Crippen LogP contribution is 2.26. The summed E-state index contributed by atoms with van der Waals surface area (Å²) < 4.78 is 41.0. The molecule has 0 aromatic heterocycles. The van der Waals surface area contributed by atoms with E-state index >= 15 is 0 Å². The maximum Gasteiger partial charge on any atom is 0.171 e. The molecule has 0 heterocycles. The van der Waals surface area contributed by atoms with Crippen molar-refractivity contribution in [3.63, 3.8) is 0 Å². The number of hydrogen-bond donors (Lipinski definition) is 0. The van der Waals surface area contributed by atoms with Gasteiger partial charge >= 0.3 is 0 Å². The van der Waals surface area contributed by atoms with Gasteiger partial charge in [0.05, 0.1) is 5.56 Å².